The van der Waals surface area contributed by atoms with Crippen LogP contribution in [0.5, 0.6) is 0 Å². The molecule has 0 aliphatic rings. The molecule has 0 radical (unpaired) electrons. The Bertz CT molecular complexity index is 801. The number of rotatable bonds is 1. The van der Waals surface area contributed by atoms with Crippen molar-refractivity contribution in [3.8, 4) is 5.69 Å². The Labute approximate surface area is 112 Å². The Balaban J connectivity index is 2.42. The third-order valence-electron chi connectivity index (χ3n) is 3.12. The molecule has 2 N–H and O–H groups in total. The van der Waals surface area contributed by atoms with E-state index < -0.39 is 23.1 Å². The van der Waals surface area contributed by atoms with Gasteiger partial charge in [-0.05, 0) is 18.6 Å². The van der Waals surface area contributed by atoms with Crippen LogP contribution in [0.3, 0.4) is 0 Å². The van der Waals surface area contributed by atoms with Gasteiger partial charge in [0.25, 0.3) is 0 Å². The van der Waals surface area contributed by atoms with E-state index in [0.717, 1.165) is 10.1 Å². The second-order valence-corrected chi connectivity index (χ2v) is 4.47. The van der Waals surface area contributed by atoms with Crippen molar-refractivity contribution in [1.82, 2.24) is 9.55 Å². The maximum Gasteiger partial charge on any atom is 0.206 e. The van der Waals surface area contributed by atoms with Crippen molar-refractivity contribution in [2.75, 3.05) is 5.73 Å². The fourth-order valence-electron chi connectivity index (χ4n) is 2.24. The van der Waals surface area contributed by atoms with Crippen LogP contribution in [0.2, 0.25) is 0 Å². The average Bonchev–Trinajstić information content (AvgIpc) is 2.67. The number of anilines is 1. The first-order valence-electron chi connectivity index (χ1n) is 5.87. The molecule has 1 heterocycles. The van der Waals surface area contributed by atoms with Crippen LogP contribution in [0.15, 0.2) is 30.3 Å². The summed E-state index contributed by atoms with van der Waals surface area (Å²) in [5, 5.41) is 0. The molecule has 3 nitrogen and oxygen atoms in total. The summed E-state index contributed by atoms with van der Waals surface area (Å²) in [7, 11) is 0. The number of aromatic nitrogens is 2. The molecule has 0 bridgehead atoms. The quantitative estimate of drug-likeness (QED) is 0.741. The fraction of sp³-hybridized carbons (Fsp3) is 0.0714. The lowest BCUT2D eigenvalue weighted by molar-refractivity contribution is 0.536. The molecule has 0 unspecified atom stereocenters. The monoisotopic (exact) mass is 277 g/mol. The predicted octanol–water partition coefficient (Wildman–Crippen LogP) is 3.33. The largest absolute Gasteiger partial charge is 0.369 e. The SMILES string of the molecule is Cc1cccc2c1nc(N)n2-c1c(F)cc(F)cc1F. The normalized spacial score (nSPS) is 11.2. The number of aryl methyl sites for hydroxylation is 1. The van der Waals surface area contributed by atoms with E-state index in [0.29, 0.717) is 23.2 Å². The summed E-state index contributed by atoms with van der Waals surface area (Å²) in [4.78, 5) is 4.11. The Morgan fingerprint density at radius 3 is 2.40 bits per heavy atom. The number of halogens is 3. The highest BCUT2D eigenvalue weighted by Gasteiger charge is 2.19. The van der Waals surface area contributed by atoms with Crippen molar-refractivity contribution < 1.29 is 13.2 Å². The molecule has 0 aliphatic carbocycles. The highest BCUT2D eigenvalue weighted by Crippen LogP contribution is 2.28. The average molecular weight is 277 g/mol. The number of fused-ring (bicyclic) bond motifs is 1. The molecule has 20 heavy (non-hydrogen) atoms. The van der Waals surface area contributed by atoms with Gasteiger partial charge < -0.3 is 5.73 Å². The van der Waals surface area contributed by atoms with Crippen LogP contribution < -0.4 is 5.73 Å². The maximum absolute atomic E-state index is 13.9. The summed E-state index contributed by atoms with van der Waals surface area (Å²) in [5.74, 6) is -3.10. The summed E-state index contributed by atoms with van der Waals surface area (Å²) >= 11 is 0. The predicted molar refractivity (Wildman–Crippen MR) is 70.1 cm³/mol. The highest BCUT2D eigenvalue weighted by atomic mass is 19.1. The summed E-state index contributed by atoms with van der Waals surface area (Å²) in [6.07, 6.45) is 0. The van der Waals surface area contributed by atoms with E-state index in [1.54, 1.807) is 12.1 Å². The molecule has 102 valence electrons. The Hall–Kier alpha value is -2.50. The van der Waals surface area contributed by atoms with Crippen LogP contribution in [0.1, 0.15) is 5.56 Å². The molecule has 3 rings (SSSR count). The zero-order valence-electron chi connectivity index (χ0n) is 10.5. The smallest absolute Gasteiger partial charge is 0.206 e. The Morgan fingerprint density at radius 2 is 1.75 bits per heavy atom. The van der Waals surface area contributed by atoms with E-state index in [9.17, 15) is 13.2 Å². The van der Waals surface area contributed by atoms with Crippen LogP contribution >= 0.6 is 0 Å². The molecule has 0 spiro atoms. The van der Waals surface area contributed by atoms with Gasteiger partial charge in [0.1, 0.15) is 11.5 Å². The summed E-state index contributed by atoms with van der Waals surface area (Å²) < 4.78 is 41.9. The molecular weight excluding hydrogens is 267 g/mol. The summed E-state index contributed by atoms with van der Waals surface area (Å²) in [5.41, 5.74) is 7.16. The summed E-state index contributed by atoms with van der Waals surface area (Å²) in [6.45, 7) is 1.82. The van der Waals surface area contributed by atoms with Gasteiger partial charge in [-0.1, -0.05) is 12.1 Å². The number of hydrogen-bond acceptors (Lipinski definition) is 2. The van der Waals surface area contributed by atoms with E-state index in [2.05, 4.69) is 4.98 Å². The Kier molecular flexibility index (Phi) is 2.67. The lowest BCUT2D eigenvalue weighted by atomic mass is 10.2. The van der Waals surface area contributed by atoms with Crippen molar-refractivity contribution in [3.63, 3.8) is 0 Å². The van der Waals surface area contributed by atoms with E-state index >= 15 is 0 Å². The number of benzene rings is 2. The number of hydrogen-bond donors (Lipinski definition) is 1. The van der Waals surface area contributed by atoms with Crippen molar-refractivity contribution in [2.24, 2.45) is 0 Å². The van der Waals surface area contributed by atoms with Crippen molar-refractivity contribution in [2.45, 2.75) is 6.92 Å². The third-order valence-corrected chi connectivity index (χ3v) is 3.12. The van der Waals surface area contributed by atoms with Gasteiger partial charge in [-0.25, -0.2) is 18.2 Å². The second-order valence-electron chi connectivity index (χ2n) is 4.47. The van der Waals surface area contributed by atoms with Crippen LogP contribution in [0.4, 0.5) is 19.1 Å². The minimum absolute atomic E-state index is 0.0568. The number of nitrogens with two attached hydrogens (primary N) is 1. The molecule has 0 aliphatic heterocycles. The molecule has 0 saturated heterocycles. The number of nitrogens with zero attached hydrogens (tertiary/aromatic N) is 2. The lowest BCUT2D eigenvalue weighted by Crippen LogP contribution is -2.06. The Morgan fingerprint density at radius 1 is 1.10 bits per heavy atom. The first kappa shape index (κ1) is 12.5. The molecule has 0 fully saturated rings. The molecule has 1 aromatic heterocycles. The van der Waals surface area contributed by atoms with Crippen molar-refractivity contribution in [3.05, 3.63) is 53.3 Å². The van der Waals surface area contributed by atoms with Gasteiger partial charge in [0.15, 0.2) is 11.6 Å². The molecular formula is C14H10F3N3. The molecule has 6 heteroatoms. The number of para-hydroxylation sites is 1. The molecule has 2 aromatic carbocycles. The number of imidazole rings is 1. The van der Waals surface area contributed by atoms with Gasteiger partial charge in [0.05, 0.1) is 11.0 Å². The molecule has 0 saturated carbocycles. The first-order valence-corrected chi connectivity index (χ1v) is 5.87. The minimum atomic E-state index is -1.03. The van der Waals surface area contributed by atoms with Gasteiger partial charge in [-0.15, -0.1) is 0 Å². The highest BCUT2D eigenvalue weighted by molar-refractivity contribution is 5.83. The zero-order chi connectivity index (χ0) is 14.4. The van der Waals surface area contributed by atoms with Crippen molar-refractivity contribution in [1.29, 1.82) is 0 Å². The number of nitrogen functional groups attached to an aromatic ring is 1. The lowest BCUT2D eigenvalue weighted by Gasteiger charge is -2.09. The van der Waals surface area contributed by atoms with Gasteiger partial charge >= 0.3 is 0 Å². The van der Waals surface area contributed by atoms with Crippen LogP contribution in [0, 0.1) is 24.4 Å². The molecule has 3 aromatic rings. The third kappa shape index (κ3) is 1.72. The standard InChI is InChI=1S/C14H10F3N3/c1-7-3-2-4-11-12(7)19-14(18)20(11)13-9(16)5-8(15)6-10(13)17/h2-6H,1H3,(H2,18,19). The van der Waals surface area contributed by atoms with E-state index in [1.165, 1.54) is 0 Å². The van der Waals surface area contributed by atoms with E-state index in [-0.39, 0.29) is 5.95 Å². The fourth-order valence-corrected chi connectivity index (χ4v) is 2.24. The van der Waals surface area contributed by atoms with Gasteiger partial charge in [-0.2, -0.15) is 0 Å². The topological polar surface area (TPSA) is 43.8 Å². The van der Waals surface area contributed by atoms with Crippen LogP contribution in [-0.4, -0.2) is 9.55 Å². The van der Waals surface area contributed by atoms with E-state index in [4.69, 9.17) is 5.73 Å². The van der Waals surface area contributed by atoms with Crippen LogP contribution in [0.25, 0.3) is 16.7 Å². The van der Waals surface area contributed by atoms with Crippen LogP contribution in [-0.2, 0) is 0 Å². The molecule has 0 atom stereocenters. The van der Waals surface area contributed by atoms with Gasteiger partial charge in [0, 0.05) is 12.1 Å². The maximum atomic E-state index is 13.9. The second kappa shape index (κ2) is 4.26. The van der Waals surface area contributed by atoms with Gasteiger partial charge in [0.2, 0.25) is 5.95 Å². The van der Waals surface area contributed by atoms with Gasteiger partial charge in [-0.3, -0.25) is 4.57 Å². The van der Waals surface area contributed by atoms with E-state index in [1.807, 2.05) is 13.0 Å². The molecule has 0 amide bonds. The van der Waals surface area contributed by atoms with Crippen molar-refractivity contribution >= 4 is 17.0 Å². The summed E-state index contributed by atoms with van der Waals surface area (Å²) in [6, 6.07) is 6.41. The first-order chi connectivity index (χ1) is 9.49. The minimum Gasteiger partial charge on any atom is -0.369 e. The zero-order valence-corrected chi connectivity index (χ0v) is 10.5.